The van der Waals surface area contributed by atoms with E-state index in [-0.39, 0.29) is 22.6 Å². The Balaban J connectivity index is 2.47. The van der Waals surface area contributed by atoms with Gasteiger partial charge < -0.3 is 14.2 Å². The van der Waals surface area contributed by atoms with Gasteiger partial charge in [-0.2, -0.15) is 0 Å². The van der Waals surface area contributed by atoms with Gasteiger partial charge in [-0.1, -0.05) is 0 Å². The van der Waals surface area contributed by atoms with Gasteiger partial charge in [-0.05, 0) is 36.4 Å². The highest BCUT2D eigenvalue weighted by Crippen LogP contribution is 2.25. The number of amides is 1. The minimum Gasteiger partial charge on any atom is -0.496 e. The molecule has 0 saturated heterocycles. The van der Waals surface area contributed by atoms with Gasteiger partial charge in [0.05, 0.1) is 36.7 Å². The van der Waals surface area contributed by atoms with Crippen LogP contribution in [0.15, 0.2) is 46.2 Å². The van der Waals surface area contributed by atoms with Crippen molar-refractivity contribution in [2.45, 2.75) is 9.79 Å². The lowest BCUT2D eigenvalue weighted by atomic mass is 10.2. The second-order valence-corrected chi connectivity index (χ2v) is 8.94. The van der Waals surface area contributed by atoms with Gasteiger partial charge in [0.1, 0.15) is 17.1 Å². The zero-order chi connectivity index (χ0) is 22.7. The first-order valence-electron chi connectivity index (χ1n) is 7.99. The van der Waals surface area contributed by atoms with Gasteiger partial charge in [0.2, 0.25) is 10.0 Å². The first-order chi connectivity index (χ1) is 13.9. The van der Waals surface area contributed by atoms with E-state index in [1.165, 1.54) is 20.3 Å². The molecule has 0 heterocycles. The second kappa shape index (κ2) is 8.69. The molecule has 30 heavy (non-hydrogen) atoms. The average molecular weight is 458 g/mol. The number of rotatable bonds is 7. The van der Waals surface area contributed by atoms with Crippen molar-refractivity contribution in [3.8, 4) is 11.5 Å². The number of hydrogen-bond acceptors (Lipinski definition) is 9. The van der Waals surface area contributed by atoms with Gasteiger partial charge in [0.15, 0.2) is 0 Å². The summed E-state index contributed by atoms with van der Waals surface area (Å²) in [5, 5.41) is 5.05. The highest BCUT2D eigenvalue weighted by atomic mass is 32.2. The highest BCUT2D eigenvalue weighted by Gasteiger charge is 2.25. The molecule has 0 radical (unpaired) electrons. The van der Waals surface area contributed by atoms with Gasteiger partial charge in [0, 0.05) is 0 Å². The van der Waals surface area contributed by atoms with Crippen LogP contribution in [0.25, 0.3) is 0 Å². The summed E-state index contributed by atoms with van der Waals surface area (Å²) in [7, 11) is -5.03. The van der Waals surface area contributed by atoms with E-state index in [2.05, 4.69) is 4.74 Å². The monoisotopic (exact) mass is 458 g/mol. The molecule has 0 aliphatic heterocycles. The molecule has 0 fully saturated rings. The fraction of sp³-hybridized carbons (Fsp3) is 0.176. The quantitative estimate of drug-likeness (QED) is 0.553. The van der Waals surface area contributed by atoms with E-state index in [0.717, 1.165) is 37.4 Å². The summed E-state index contributed by atoms with van der Waals surface area (Å²) >= 11 is 0. The fourth-order valence-corrected chi connectivity index (χ4v) is 3.93. The number of sulfonamides is 2. The number of benzene rings is 2. The standard InChI is InChI=1S/C17H18N2O9S2/c1-26-14-6-4-10(29(18,22)23)8-12(14)16(20)19-30(24,25)11-5-7-15(27-2)13(9-11)17(21)28-3/h4-9H,1-3H3,(H,19,20)(H2,18,22,23). The van der Waals surface area contributed by atoms with Crippen LogP contribution >= 0.6 is 0 Å². The molecule has 0 saturated carbocycles. The molecular formula is C17H18N2O9S2. The second-order valence-electron chi connectivity index (χ2n) is 5.70. The van der Waals surface area contributed by atoms with Crippen LogP contribution in [0.1, 0.15) is 20.7 Å². The van der Waals surface area contributed by atoms with Crippen molar-refractivity contribution >= 4 is 31.9 Å². The van der Waals surface area contributed by atoms with E-state index in [1.807, 2.05) is 0 Å². The topological polar surface area (TPSA) is 168 Å². The van der Waals surface area contributed by atoms with Crippen molar-refractivity contribution in [1.29, 1.82) is 0 Å². The van der Waals surface area contributed by atoms with Crippen LogP contribution in [-0.2, 0) is 24.8 Å². The third-order valence-electron chi connectivity index (χ3n) is 3.86. The largest absolute Gasteiger partial charge is 0.496 e. The Morgan fingerprint density at radius 3 is 1.83 bits per heavy atom. The maximum atomic E-state index is 12.7. The van der Waals surface area contributed by atoms with E-state index in [4.69, 9.17) is 14.6 Å². The van der Waals surface area contributed by atoms with E-state index in [0.29, 0.717) is 0 Å². The number of hydrogen-bond donors (Lipinski definition) is 2. The zero-order valence-corrected chi connectivity index (χ0v) is 17.7. The first-order valence-corrected chi connectivity index (χ1v) is 11.0. The van der Waals surface area contributed by atoms with Crippen LogP contribution < -0.4 is 19.3 Å². The Bertz CT molecular complexity index is 1210. The molecule has 1 amide bonds. The number of primary sulfonamides is 1. The van der Waals surface area contributed by atoms with Crippen LogP contribution in [0.2, 0.25) is 0 Å². The van der Waals surface area contributed by atoms with Crippen LogP contribution in [0.5, 0.6) is 11.5 Å². The summed E-state index contributed by atoms with van der Waals surface area (Å²) < 4.78 is 64.7. The molecule has 2 aromatic rings. The highest BCUT2D eigenvalue weighted by molar-refractivity contribution is 7.90. The minimum atomic E-state index is -4.47. The molecule has 0 aliphatic rings. The van der Waals surface area contributed by atoms with Crippen molar-refractivity contribution in [3.63, 3.8) is 0 Å². The third-order valence-corrected chi connectivity index (χ3v) is 6.10. The SMILES string of the molecule is COC(=O)c1cc(S(=O)(=O)NC(=O)c2cc(S(N)(=O)=O)ccc2OC)ccc1OC. The molecule has 13 heteroatoms. The molecule has 0 bridgehead atoms. The Morgan fingerprint density at radius 1 is 0.833 bits per heavy atom. The van der Waals surface area contributed by atoms with Crippen molar-refractivity contribution in [1.82, 2.24) is 4.72 Å². The summed E-state index contributed by atoms with van der Waals surface area (Å²) in [5.41, 5.74) is -0.557. The van der Waals surface area contributed by atoms with Crippen molar-refractivity contribution in [2.75, 3.05) is 21.3 Å². The lowest BCUT2D eigenvalue weighted by Crippen LogP contribution is -2.31. The molecule has 3 N–H and O–H groups in total. The molecular weight excluding hydrogens is 440 g/mol. The molecule has 2 aromatic carbocycles. The molecule has 162 valence electrons. The minimum absolute atomic E-state index is 0.0645. The number of esters is 1. The molecule has 11 nitrogen and oxygen atoms in total. The van der Waals surface area contributed by atoms with Crippen LogP contribution in [0.3, 0.4) is 0 Å². The van der Waals surface area contributed by atoms with E-state index >= 15 is 0 Å². The summed E-state index contributed by atoms with van der Waals surface area (Å²) in [5.74, 6) is -2.04. The lowest BCUT2D eigenvalue weighted by molar-refractivity contribution is 0.0596. The van der Waals surface area contributed by atoms with Crippen LogP contribution in [0, 0.1) is 0 Å². The number of methoxy groups -OCH3 is 3. The van der Waals surface area contributed by atoms with E-state index < -0.39 is 41.7 Å². The third kappa shape index (κ3) is 4.87. The van der Waals surface area contributed by atoms with Gasteiger partial charge in [-0.3, -0.25) is 4.79 Å². The van der Waals surface area contributed by atoms with E-state index in [9.17, 15) is 26.4 Å². The maximum Gasteiger partial charge on any atom is 0.341 e. The number of carbonyl (C=O) groups excluding carboxylic acids is 2. The summed E-state index contributed by atoms with van der Waals surface area (Å²) in [6.07, 6.45) is 0. The molecule has 0 unspecified atom stereocenters. The van der Waals surface area contributed by atoms with Gasteiger partial charge in [0.25, 0.3) is 15.9 Å². The zero-order valence-electron chi connectivity index (χ0n) is 16.0. The van der Waals surface area contributed by atoms with Crippen LogP contribution in [0.4, 0.5) is 0 Å². The number of ether oxygens (including phenoxy) is 3. The summed E-state index contributed by atoms with van der Waals surface area (Å²) in [6.45, 7) is 0. The Labute approximate surface area is 172 Å². The van der Waals surface area contributed by atoms with Crippen molar-refractivity contribution < 1.29 is 40.6 Å². The van der Waals surface area contributed by atoms with Gasteiger partial charge in [-0.15, -0.1) is 0 Å². The average Bonchev–Trinajstić information content (AvgIpc) is 2.71. The van der Waals surface area contributed by atoms with E-state index in [1.54, 1.807) is 4.72 Å². The van der Waals surface area contributed by atoms with Gasteiger partial charge >= 0.3 is 5.97 Å². The molecule has 0 aliphatic carbocycles. The summed E-state index contributed by atoms with van der Waals surface area (Å²) in [6, 6.07) is 6.44. The molecule has 0 aromatic heterocycles. The predicted octanol–water partition coefficient (Wildman–Crippen LogP) is 0.257. The van der Waals surface area contributed by atoms with Crippen molar-refractivity contribution in [3.05, 3.63) is 47.5 Å². The Kier molecular flexibility index (Phi) is 6.70. The van der Waals surface area contributed by atoms with Crippen molar-refractivity contribution in [2.24, 2.45) is 5.14 Å². The van der Waals surface area contributed by atoms with Gasteiger partial charge in [-0.25, -0.2) is 31.5 Å². The number of carbonyl (C=O) groups is 2. The first kappa shape index (κ1) is 23.1. The lowest BCUT2D eigenvalue weighted by Gasteiger charge is -2.13. The smallest absolute Gasteiger partial charge is 0.341 e. The molecule has 2 rings (SSSR count). The Hall–Kier alpha value is -3.16. The maximum absolute atomic E-state index is 12.7. The molecule has 0 atom stereocenters. The predicted molar refractivity (Wildman–Crippen MR) is 103 cm³/mol. The Morgan fingerprint density at radius 2 is 1.33 bits per heavy atom. The van der Waals surface area contributed by atoms with Crippen LogP contribution in [-0.4, -0.2) is 50.0 Å². The summed E-state index contributed by atoms with van der Waals surface area (Å²) in [4.78, 5) is 23.6. The molecule has 0 spiro atoms. The number of nitrogens with one attached hydrogen (secondary N) is 1. The number of nitrogens with two attached hydrogens (primary N) is 1. The normalized spacial score (nSPS) is 11.5. The fourth-order valence-electron chi connectivity index (χ4n) is 2.40.